The molecule has 0 bridgehead atoms. The Hall–Kier alpha value is -0.670. The summed E-state index contributed by atoms with van der Waals surface area (Å²) in [4.78, 5) is 7.75. The summed E-state index contributed by atoms with van der Waals surface area (Å²) in [6.07, 6.45) is 4.09. The van der Waals surface area contributed by atoms with Crippen LogP contribution in [0.15, 0.2) is 18.6 Å². The number of aromatic nitrogens is 2. The van der Waals surface area contributed by atoms with Gasteiger partial charge in [0.1, 0.15) is 6.33 Å². The largest absolute Gasteiger partial charge is 0.330 e. The van der Waals surface area contributed by atoms with Crippen molar-refractivity contribution in [2.75, 3.05) is 6.54 Å². The second-order valence-electron chi connectivity index (χ2n) is 1.74. The lowest BCUT2D eigenvalue weighted by molar-refractivity contribution is 0.909. The fraction of sp³-hybridized carbons (Fsp3) is 0.333. The Kier molecular flexibility index (Phi) is 4.80. The lowest BCUT2D eigenvalue weighted by atomic mass is 10.3. The maximum absolute atomic E-state index is 5.30. The molecule has 0 aromatic carbocycles. The summed E-state index contributed by atoms with van der Waals surface area (Å²) in [5, 5.41) is 0. The summed E-state index contributed by atoms with van der Waals surface area (Å²) < 4.78 is 0. The number of nitrogens with two attached hydrogens (primary N) is 1. The maximum Gasteiger partial charge on any atom is 0.115 e. The normalized spacial score (nSPS) is 8.50. The monoisotopic (exact) mass is 159 g/mol. The van der Waals surface area contributed by atoms with Gasteiger partial charge in [-0.05, 0) is 12.6 Å². The Morgan fingerprint density at radius 1 is 1.50 bits per heavy atom. The predicted molar refractivity (Wildman–Crippen MR) is 42.0 cm³/mol. The molecule has 0 radical (unpaired) electrons. The van der Waals surface area contributed by atoms with E-state index >= 15 is 0 Å². The smallest absolute Gasteiger partial charge is 0.115 e. The summed E-state index contributed by atoms with van der Waals surface area (Å²) in [5.74, 6) is 0. The SMILES string of the molecule is Cl.NCCc1ccncn1. The minimum Gasteiger partial charge on any atom is -0.330 e. The molecule has 0 spiro atoms. The molecule has 0 atom stereocenters. The molecule has 0 saturated carbocycles. The predicted octanol–water partition coefficient (Wildman–Crippen LogP) is 0.400. The van der Waals surface area contributed by atoms with Gasteiger partial charge < -0.3 is 5.73 Å². The van der Waals surface area contributed by atoms with Gasteiger partial charge >= 0.3 is 0 Å². The first-order chi connectivity index (χ1) is 4.43. The van der Waals surface area contributed by atoms with Crippen LogP contribution in [0.1, 0.15) is 5.69 Å². The molecule has 0 unspecified atom stereocenters. The number of rotatable bonds is 2. The fourth-order valence-corrected chi connectivity index (χ4v) is 0.614. The highest BCUT2D eigenvalue weighted by Gasteiger charge is 1.87. The van der Waals surface area contributed by atoms with Crippen LogP contribution in [0.2, 0.25) is 0 Å². The lowest BCUT2D eigenvalue weighted by Crippen LogP contribution is -2.03. The van der Waals surface area contributed by atoms with Crippen molar-refractivity contribution in [1.29, 1.82) is 0 Å². The molecule has 3 nitrogen and oxygen atoms in total. The average Bonchev–Trinajstić information content (AvgIpc) is 1.91. The van der Waals surface area contributed by atoms with E-state index in [9.17, 15) is 0 Å². The quantitative estimate of drug-likeness (QED) is 0.680. The van der Waals surface area contributed by atoms with Gasteiger partial charge in [-0.2, -0.15) is 0 Å². The van der Waals surface area contributed by atoms with Crippen LogP contribution in [0.25, 0.3) is 0 Å². The van der Waals surface area contributed by atoms with Gasteiger partial charge in [0.15, 0.2) is 0 Å². The molecule has 10 heavy (non-hydrogen) atoms. The van der Waals surface area contributed by atoms with E-state index in [0.717, 1.165) is 12.1 Å². The topological polar surface area (TPSA) is 51.8 Å². The third kappa shape index (κ3) is 2.75. The van der Waals surface area contributed by atoms with Crippen molar-refractivity contribution in [2.24, 2.45) is 5.73 Å². The van der Waals surface area contributed by atoms with Crippen LogP contribution >= 0.6 is 12.4 Å². The summed E-state index contributed by atoms with van der Waals surface area (Å²) >= 11 is 0. The first-order valence-electron chi connectivity index (χ1n) is 2.88. The minimum atomic E-state index is 0. The third-order valence-corrected chi connectivity index (χ3v) is 1.04. The van der Waals surface area contributed by atoms with E-state index in [1.807, 2.05) is 6.07 Å². The molecule has 2 N–H and O–H groups in total. The van der Waals surface area contributed by atoms with E-state index in [-0.39, 0.29) is 12.4 Å². The van der Waals surface area contributed by atoms with Crippen molar-refractivity contribution in [3.63, 3.8) is 0 Å². The second kappa shape index (κ2) is 5.14. The number of halogens is 1. The zero-order chi connectivity index (χ0) is 6.53. The van der Waals surface area contributed by atoms with E-state index in [2.05, 4.69) is 9.97 Å². The molecule has 0 aliphatic heterocycles. The molecule has 1 rings (SSSR count). The van der Waals surface area contributed by atoms with Crippen LogP contribution < -0.4 is 5.73 Å². The summed E-state index contributed by atoms with van der Waals surface area (Å²) in [6.45, 7) is 0.650. The zero-order valence-corrected chi connectivity index (χ0v) is 6.34. The van der Waals surface area contributed by atoms with Gasteiger partial charge in [0.25, 0.3) is 0 Å². The van der Waals surface area contributed by atoms with Gasteiger partial charge in [-0.25, -0.2) is 9.97 Å². The highest BCUT2D eigenvalue weighted by molar-refractivity contribution is 5.85. The van der Waals surface area contributed by atoms with Crippen LogP contribution in [0.3, 0.4) is 0 Å². The first-order valence-corrected chi connectivity index (χ1v) is 2.88. The molecule has 0 saturated heterocycles. The molecule has 1 aromatic rings. The number of nitrogens with zero attached hydrogens (tertiary/aromatic N) is 2. The average molecular weight is 160 g/mol. The Morgan fingerprint density at radius 2 is 2.30 bits per heavy atom. The van der Waals surface area contributed by atoms with Crippen LogP contribution in [0, 0.1) is 0 Å². The molecule has 0 aliphatic carbocycles. The van der Waals surface area contributed by atoms with Crippen LogP contribution in [0.5, 0.6) is 0 Å². The standard InChI is InChI=1S/C6H9N3.ClH/c7-3-1-6-2-4-8-5-9-6;/h2,4-5H,1,3,7H2;1H. The Morgan fingerprint density at radius 3 is 2.80 bits per heavy atom. The van der Waals surface area contributed by atoms with E-state index in [0.29, 0.717) is 6.54 Å². The van der Waals surface area contributed by atoms with Crippen molar-refractivity contribution >= 4 is 12.4 Å². The van der Waals surface area contributed by atoms with E-state index < -0.39 is 0 Å². The molecule has 1 heterocycles. The van der Waals surface area contributed by atoms with E-state index in [4.69, 9.17) is 5.73 Å². The molecule has 56 valence electrons. The highest BCUT2D eigenvalue weighted by Crippen LogP contribution is 1.88. The van der Waals surface area contributed by atoms with Crippen molar-refractivity contribution in [1.82, 2.24) is 9.97 Å². The highest BCUT2D eigenvalue weighted by atomic mass is 35.5. The third-order valence-electron chi connectivity index (χ3n) is 1.04. The molecule has 0 fully saturated rings. The van der Waals surface area contributed by atoms with Gasteiger partial charge in [0, 0.05) is 18.3 Å². The lowest BCUT2D eigenvalue weighted by Gasteiger charge is -1.92. The Bertz CT molecular complexity index is 166. The van der Waals surface area contributed by atoms with Crippen LogP contribution in [-0.2, 0) is 6.42 Å². The molecule has 0 aliphatic rings. The van der Waals surface area contributed by atoms with Crippen molar-refractivity contribution in [3.8, 4) is 0 Å². The maximum atomic E-state index is 5.30. The summed E-state index contributed by atoms with van der Waals surface area (Å²) in [7, 11) is 0. The summed E-state index contributed by atoms with van der Waals surface area (Å²) in [5.41, 5.74) is 6.31. The molecular weight excluding hydrogens is 150 g/mol. The Labute approximate surface area is 66.1 Å². The number of hydrogen-bond donors (Lipinski definition) is 1. The molecule has 4 heteroatoms. The van der Waals surface area contributed by atoms with Gasteiger partial charge in [-0.1, -0.05) is 0 Å². The van der Waals surface area contributed by atoms with Crippen LogP contribution in [0.4, 0.5) is 0 Å². The van der Waals surface area contributed by atoms with E-state index in [1.54, 1.807) is 6.20 Å². The number of hydrogen-bond acceptors (Lipinski definition) is 3. The van der Waals surface area contributed by atoms with Gasteiger partial charge in [-0.15, -0.1) is 12.4 Å². The van der Waals surface area contributed by atoms with Gasteiger partial charge in [-0.3, -0.25) is 0 Å². The summed E-state index contributed by atoms with van der Waals surface area (Å²) in [6, 6.07) is 1.87. The molecular formula is C6H10ClN3. The van der Waals surface area contributed by atoms with Crippen LogP contribution in [-0.4, -0.2) is 16.5 Å². The van der Waals surface area contributed by atoms with Crippen molar-refractivity contribution < 1.29 is 0 Å². The molecule has 0 amide bonds. The zero-order valence-electron chi connectivity index (χ0n) is 5.53. The molecule has 1 aromatic heterocycles. The Balaban J connectivity index is 0.000000810. The van der Waals surface area contributed by atoms with Crippen molar-refractivity contribution in [2.45, 2.75) is 6.42 Å². The fourth-order valence-electron chi connectivity index (χ4n) is 0.614. The minimum absolute atomic E-state index is 0. The second-order valence-corrected chi connectivity index (χ2v) is 1.74. The van der Waals surface area contributed by atoms with Gasteiger partial charge in [0.05, 0.1) is 0 Å². The van der Waals surface area contributed by atoms with Gasteiger partial charge in [0.2, 0.25) is 0 Å². The van der Waals surface area contributed by atoms with E-state index in [1.165, 1.54) is 6.33 Å². The van der Waals surface area contributed by atoms with Crippen molar-refractivity contribution in [3.05, 3.63) is 24.3 Å². The first kappa shape index (κ1) is 9.33.